The van der Waals surface area contributed by atoms with E-state index in [1.807, 2.05) is 44.2 Å². The van der Waals surface area contributed by atoms with Gasteiger partial charge in [0.15, 0.2) is 6.61 Å². The van der Waals surface area contributed by atoms with E-state index in [1.165, 1.54) is 0 Å². The number of carbonyl (C=O) groups is 2. The van der Waals surface area contributed by atoms with E-state index in [9.17, 15) is 9.59 Å². The third kappa shape index (κ3) is 5.38. The van der Waals surface area contributed by atoms with Gasteiger partial charge in [-0.3, -0.25) is 9.59 Å². The molecule has 0 atom stereocenters. The van der Waals surface area contributed by atoms with Crippen LogP contribution in [0.25, 0.3) is 0 Å². The summed E-state index contributed by atoms with van der Waals surface area (Å²) < 4.78 is 10.8. The Hall–Kier alpha value is -3.80. The Labute approximate surface area is 175 Å². The summed E-state index contributed by atoms with van der Waals surface area (Å²) in [6.07, 6.45) is 0. The van der Waals surface area contributed by atoms with Gasteiger partial charge in [-0.05, 0) is 61.9 Å². The van der Waals surface area contributed by atoms with E-state index in [0.29, 0.717) is 22.7 Å². The fraction of sp³-hybridized carbons (Fsp3) is 0.167. The summed E-state index contributed by atoms with van der Waals surface area (Å²) in [5, 5.41) is 5.65. The van der Waals surface area contributed by atoms with Gasteiger partial charge in [0.25, 0.3) is 11.8 Å². The maximum Gasteiger partial charge on any atom is 0.262 e. The average molecular weight is 404 g/mol. The molecule has 154 valence electrons. The van der Waals surface area contributed by atoms with Crippen molar-refractivity contribution in [2.24, 2.45) is 0 Å². The number of amides is 2. The maximum absolute atomic E-state index is 12.4. The lowest BCUT2D eigenvalue weighted by atomic mass is 10.1. The van der Waals surface area contributed by atoms with E-state index in [-0.39, 0.29) is 18.4 Å². The summed E-state index contributed by atoms with van der Waals surface area (Å²) in [4.78, 5) is 24.6. The Bertz CT molecular complexity index is 1050. The van der Waals surface area contributed by atoms with Crippen LogP contribution in [0.15, 0.2) is 66.7 Å². The second-order valence-corrected chi connectivity index (χ2v) is 6.83. The third-order valence-corrected chi connectivity index (χ3v) is 4.50. The molecule has 0 unspecified atom stereocenters. The zero-order chi connectivity index (χ0) is 21.5. The van der Waals surface area contributed by atoms with Gasteiger partial charge >= 0.3 is 0 Å². The van der Waals surface area contributed by atoms with E-state index in [2.05, 4.69) is 10.6 Å². The molecule has 30 heavy (non-hydrogen) atoms. The van der Waals surface area contributed by atoms with Crippen LogP contribution >= 0.6 is 0 Å². The first-order valence-electron chi connectivity index (χ1n) is 9.50. The Kier molecular flexibility index (Phi) is 6.70. The van der Waals surface area contributed by atoms with Crippen LogP contribution < -0.4 is 20.1 Å². The van der Waals surface area contributed by atoms with E-state index < -0.39 is 0 Å². The lowest BCUT2D eigenvalue weighted by Crippen LogP contribution is -2.20. The van der Waals surface area contributed by atoms with Crippen molar-refractivity contribution in [3.63, 3.8) is 0 Å². The quantitative estimate of drug-likeness (QED) is 0.604. The SMILES string of the molecule is COc1ccccc1NC(=O)c1ccc(OCC(=O)Nc2ccc(C)cc2C)cc1. The smallest absolute Gasteiger partial charge is 0.262 e. The molecule has 3 aromatic carbocycles. The normalized spacial score (nSPS) is 10.2. The van der Waals surface area contributed by atoms with Crippen molar-refractivity contribution in [1.82, 2.24) is 0 Å². The van der Waals surface area contributed by atoms with E-state index in [4.69, 9.17) is 9.47 Å². The zero-order valence-corrected chi connectivity index (χ0v) is 17.2. The number of methoxy groups -OCH3 is 1. The number of anilines is 2. The van der Waals surface area contributed by atoms with Crippen LogP contribution in [0.5, 0.6) is 11.5 Å². The molecular weight excluding hydrogens is 380 g/mol. The summed E-state index contributed by atoms with van der Waals surface area (Å²) in [5.41, 5.74) is 3.95. The van der Waals surface area contributed by atoms with E-state index >= 15 is 0 Å². The highest BCUT2D eigenvalue weighted by atomic mass is 16.5. The lowest BCUT2D eigenvalue weighted by Gasteiger charge is -2.11. The van der Waals surface area contributed by atoms with Crippen molar-refractivity contribution < 1.29 is 19.1 Å². The van der Waals surface area contributed by atoms with Crippen LogP contribution in [-0.2, 0) is 4.79 Å². The number of aryl methyl sites for hydroxylation is 2. The van der Waals surface area contributed by atoms with Crippen molar-refractivity contribution in [2.75, 3.05) is 24.4 Å². The molecule has 0 saturated carbocycles. The van der Waals surface area contributed by atoms with Crippen LogP contribution in [0.4, 0.5) is 11.4 Å². The van der Waals surface area contributed by atoms with Crippen molar-refractivity contribution >= 4 is 23.2 Å². The summed E-state index contributed by atoms with van der Waals surface area (Å²) in [7, 11) is 1.55. The van der Waals surface area contributed by atoms with Crippen molar-refractivity contribution in [1.29, 1.82) is 0 Å². The molecule has 2 amide bonds. The fourth-order valence-electron chi connectivity index (χ4n) is 2.93. The monoisotopic (exact) mass is 404 g/mol. The van der Waals surface area contributed by atoms with Gasteiger partial charge in [0, 0.05) is 11.3 Å². The molecule has 3 rings (SSSR count). The molecule has 0 aliphatic heterocycles. The number of benzene rings is 3. The standard InChI is InChI=1S/C24H24N2O4/c1-16-8-13-20(17(2)14-16)25-23(27)15-30-19-11-9-18(10-12-19)24(28)26-21-6-4-5-7-22(21)29-3/h4-14H,15H2,1-3H3,(H,25,27)(H,26,28). The molecule has 0 bridgehead atoms. The molecule has 0 heterocycles. The summed E-state index contributed by atoms with van der Waals surface area (Å²) in [6, 6.07) is 19.6. The Morgan fingerprint density at radius 2 is 1.60 bits per heavy atom. The summed E-state index contributed by atoms with van der Waals surface area (Å²) in [6.45, 7) is 3.82. The minimum absolute atomic E-state index is 0.125. The molecule has 6 nitrogen and oxygen atoms in total. The predicted octanol–water partition coefficient (Wildman–Crippen LogP) is 4.58. The van der Waals surface area contributed by atoms with Crippen LogP contribution in [0.1, 0.15) is 21.5 Å². The largest absolute Gasteiger partial charge is 0.495 e. The minimum Gasteiger partial charge on any atom is -0.495 e. The highest BCUT2D eigenvalue weighted by Crippen LogP contribution is 2.24. The molecule has 0 aliphatic carbocycles. The molecule has 0 spiro atoms. The van der Waals surface area contributed by atoms with Crippen LogP contribution in [0.2, 0.25) is 0 Å². The first-order valence-corrected chi connectivity index (χ1v) is 9.50. The van der Waals surface area contributed by atoms with Gasteiger partial charge in [0.1, 0.15) is 11.5 Å². The molecule has 0 aromatic heterocycles. The van der Waals surface area contributed by atoms with Gasteiger partial charge in [-0.2, -0.15) is 0 Å². The van der Waals surface area contributed by atoms with Crippen LogP contribution in [0, 0.1) is 13.8 Å². The first-order chi connectivity index (χ1) is 14.5. The zero-order valence-electron chi connectivity index (χ0n) is 17.2. The van der Waals surface area contributed by atoms with Crippen molar-refractivity contribution in [3.8, 4) is 11.5 Å². The molecule has 0 saturated heterocycles. The van der Waals surface area contributed by atoms with Crippen LogP contribution in [0.3, 0.4) is 0 Å². The number of hydrogen-bond acceptors (Lipinski definition) is 4. The van der Waals surface area contributed by atoms with Gasteiger partial charge < -0.3 is 20.1 Å². The van der Waals surface area contributed by atoms with Crippen LogP contribution in [-0.4, -0.2) is 25.5 Å². The number of para-hydroxylation sites is 2. The van der Waals surface area contributed by atoms with Gasteiger partial charge in [-0.25, -0.2) is 0 Å². The lowest BCUT2D eigenvalue weighted by molar-refractivity contribution is -0.118. The van der Waals surface area contributed by atoms with Gasteiger partial charge in [0.05, 0.1) is 12.8 Å². The number of hydrogen-bond donors (Lipinski definition) is 2. The topological polar surface area (TPSA) is 76.7 Å². The Morgan fingerprint density at radius 1 is 0.867 bits per heavy atom. The Balaban J connectivity index is 1.55. The van der Waals surface area contributed by atoms with Crippen molar-refractivity contribution in [2.45, 2.75) is 13.8 Å². The highest BCUT2D eigenvalue weighted by molar-refractivity contribution is 6.05. The molecule has 0 radical (unpaired) electrons. The fourth-order valence-corrected chi connectivity index (χ4v) is 2.93. The minimum atomic E-state index is -0.265. The number of carbonyl (C=O) groups excluding carboxylic acids is 2. The summed E-state index contributed by atoms with van der Waals surface area (Å²) in [5.74, 6) is 0.568. The molecule has 0 fully saturated rings. The first kappa shape index (κ1) is 20.9. The number of ether oxygens (including phenoxy) is 2. The molecule has 2 N–H and O–H groups in total. The highest BCUT2D eigenvalue weighted by Gasteiger charge is 2.10. The Morgan fingerprint density at radius 3 is 2.30 bits per heavy atom. The van der Waals surface area contributed by atoms with Gasteiger partial charge in [-0.15, -0.1) is 0 Å². The van der Waals surface area contributed by atoms with E-state index in [0.717, 1.165) is 16.8 Å². The molecule has 3 aromatic rings. The number of rotatable bonds is 7. The second kappa shape index (κ2) is 9.60. The molecular formula is C24H24N2O4. The molecule has 0 aliphatic rings. The van der Waals surface area contributed by atoms with Crippen molar-refractivity contribution in [3.05, 3.63) is 83.4 Å². The molecule has 6 heteroatoms. The summed E-state index contributed by atoms with van der Waals surface area (Å²) >= 11 is 0. The number of nitrogens with one attached hydrogen (secondary N) is 2. The van der Waals surface area contributed by atoms with E-state index in [1.54, 1.807) is 43.5 Å². The predicted molar refractivity (Wildman–Crippen MR) is 117 cm³/mol. The van der Waals surface area contributed by atoms with Gasteiger partial charge in [-0.1, -0.05) is 29.8 Å². The average Bonchev–Trinajstić information content (AvgIpc) is 2.75. The third-order valence-electron chi connectivity index (χ3n) is 4.50. The maximum atomic E-state index is 12.4. The second-order valence-electron chi connectivity index (χ2n) is 6.83. The van der Waals surface area contributed by atoms with Gasteiger partial charge in [0.2, 0.25) is 0 Å².